The van der Waals surface area contributed by atoms with Crippen LogP contribution in [0.4, 0.5) is 8.78 Å². The molecule has 0 saturated carbocycles. The van der Waals surface area contributed by atoms with Crippen LogP contribution in [-0.4, -0.2) is 6.54 Å². The first-order valence-electron chi connectivity index (χ1n) is 4.39. The average molecular weight is 183 g/mol. The molecule has 0 bridgehead atoms. The lowest BCUT2D eigenvalue weighted by Gasteiger charge is -2.23. The molecule has 1 aromatic carbocycles. The van der Waals surface area contributed by atoms with Crippen molar-refractivity contribution in [3.8, 4) is 0 Å². The van der Waals surface area contributed by atoms with E-state index in [1.54, 1.807) is 0 Å². The van der Waals surface area contributed by atoms with Gasteiger partial charge in [-0.2, -0.15) is 0 Å². The zero-order valence-electron chi connectivity index (χ0n) is 7.40. The van der Waals surface area contributed by atoms with Gasteiger partial charge in [0.25, 0.3) is 0 Å². The number of nitrogens with one attached hydrogen (secondary N) is 1. The van der Waals surface area contributed by atoms with Crippen LogP contribution in [0.5, 0.6) is 0 Å². The van der Waals surface area contributed by atoms with Crippen LogP contribution in [0.3, 0.4) is 0 Å². The summed E-state index contributed by atoms with van der Waals surface area (Å²) in [4.78, 5) is 0. The lowest BCUT2D eigenvalue weighted by molar-refractivity contribution is 0.487. The van der Waals surface area contributed by atoms with Gasteiger partial charge >= 0.3 is 0 Å². The minimum atomic E-state index is -0.755. The highest BCUT2D eigenvalue weighted by Crippen LogP contribution is 2.24. The highest BCUT2D eigenvalue weighted by atomic mass is 19.2. The molecular weight excluding hydrogens is 172 g/mol. The number of hydrogen-bond acceptors (Lipinski definition) is 1. The van der Waals surface area contributed by atoms with Crippen LogP contribution in [0.2, 0.25) is 0 Å². The summed E-state index contributed by atoms with van der Waals surface area (Å²) < 4.78 is 25.7. The van der Waals surface area contributed by atoms with Crippen LogP contribution < -0.4 is 5.32 Å². The molecule has 0 amide bonds. The maximum absolute atomic E-state index is 12.9. The molecule has 0 aromatic heterocycles. The number of rotatable bonds is 0. The van der Waals surface area contributed by atoms with Crippen molar-refractivity contribution >= 4 is 0 Å². The van der Waals surface area contributed by atoms with Crippen molar-refractivity contribution in [2.45, 2.75) is 19.4 Å². The minimum Gasteiger partial charge on any atom is -0.310 e. The monoisotopic (exact) mass is 183 g/mol. The van der Waals surface area contributed by atoms with Gasteiger partial charge in [0.2, 0.25) is 0 Å². The van der Waals surface area contributed by atoms with Crippen molar-refractivity contribution in [2.24, 2.45) is 0 Å². The van der Waals surface area contributed by atoms with E-state index < -0.39 is 11.6 Å². The summed E-state index contributed by atoms with van der Waals surface area (Å²) in [5, 5.41) is 3.20. The van der Waals surface area contributed by atoms with Crippen LogP contribution in [0, 0.1) is 11.6 Å². The molecule has 1 nitrogen and oxygen atoms in total. The summed E-state index contributed by atoms with van der Waals surface area (Å²) in [6.45, 7) is 2.79. The van der Waals surface area contributed by atoms with Crippen LogP contribution in [0.1, 0.15) is 24.1 Å². The molecule has 1 atom stereocenters. The average Bonchev–Trinajstić information content (AvgIpc) is 2.09. The predicted octanol–water partition coefficient (Wildman–Crippen LogP) is 2.17. The second-order valence-electron chi connectivity index (χ2n) is 3.39. The second kappa shape index (κ2) is 3.07. The van der Waals surface area contributed by atoms with Crippen LogP contribution in [0.15, 0.2) is 12.1 Å². The van der Waals surface area contributed by atoms with Gasteiger partial charge in [0.1, 0.15) is 0 Å². The van der Waals surface area contributed by atoms with Crippen molar-refractivity contribution in [1.29, 1.82) is 0 Å². The van der Waals surface area contributed by atoms with E-state index in [0.29, 0.717) is 0 Å². The Bertz CT molecular complexity index is 336. The molecule has 1 aromatic rings. The Hall–Kier alpha value is -0.960. The molecule has 0 radical (unpaired) electrons. The van der Waals surface area contributed by atoms with Gasteiger partial charge in [-0.3, -0.25) is 0 Å². The third-order valence-electron chi connectivity index (χ3n) is 2.49. The fourth-order valence-electron chi connectivity index (χ4n) is 1.76. The Morgan fingerprint density at radius 1 is 1.31 bits per heavy atom. The molecule has 2 rings (SSSR count). The van der Waals surface area contributed by atoms with Crippen LogP contribution >= 0.6 is 0 Å². The Morgan fingerprint density at radius 2 is 2.00 bits per heavy atom. The zero-order chi connectivity index (χ0) is 9.42. The Balaban J connectivity index is 2.52. The molecule has 1 N–H and O–H groups in total. The van der Waals surface area contributed by atoms with Gasteiger partial charge < -0.3 is 5.32 Å². The summed E-state index contributed by atoms with van der Waals surface area (Å²) in [5.74, 6) is -1.50. The molecule has 1 aliphatic heterocycles. The van der Waals surface area contributed by atoms with Gasteiger partial charge in [-0.05, 0) is 43.1 Å². The molecule has 70 valence electrons. The Morgan fingerprint density at radius 3 is 2.77 bits per heavy atom. The lowest BCUT2D eigenvalue weighted by atomic mass is 9.95. The highest BCUT2D eigenvalue weighted by molar-refractivity contribution is 5.33. The molecular formula is C10H11F2N. The van der Waals surface area contributed by atoms with Crippen molar-refractivity contribution < 1.29 is 8.78 Å². The first-order valence-corrected chi connectivity index (χ1v) is 4.39. The summed E-state index contributed by atoms with van der Waals surface area (Å²) in [6.07, 6.45) is 0.775. The zero-order valence-corrected chi connectivity index (χ0v) is 7.40. The summed E-state index contributed by atoms with van der Waals surface area (Å²) in [6, 6.07) is 2.72. The Labute approximate surface area is 75.8 Å². The van der Waals surface area contributed by atoms with E-state index in [4.69, 9.17) is 0 Å². The van der Waals surface area contributed by atoms with Gasteiger partial charge in [-0.1, -0.05) is 0 Å². The fourth-order valence-corrected chi connectivity index (χ4v) is 1.76. The van der Waals surface area contributed by atoms with Crippen molar-refractivity contribution in [3.05, 3.63) is 34.9 Å². The van der Waals surface area contributed by atoms with Crippen LogP contribution in [0.25, 0.3) is 0 Å². The molecule has 13 heavy (non-hydrogen) atoms. The van der Waals surface area contributed by atoms with Crippen LogP contribution in [-0.2, 0) is 6.42 Å². The summed E-state index contributed by atoms with van der Waals surface area (Å²) >= 11 is 0. The molecule has 0 spiro atoms. The minimum absolute atomic E-state index is 0.124. The predicted molar refractivity (Wildman–Crippen MR) is 46.5 cm³/mol. The topological polar surface area (TPSA) is 12.0 Å². The lowest BCUT2D eigenvalue weighted by Crippen LogP contribution is -2.28. The number of hydrogen-bond donors (Lipinski definition) is 1. The van der Waals surface area contributed by atoms with Crippen molar-refractivity contribution in [3.63, 3.8) is 0 Å². The van der Waals surface area contributed by atoms with E-state index in [1.807, 2.05) is 6.92 Å². The van der Waals surface area contributed by atoms with Crippen molar-refractivity contribution in [2.75, 3.05) is 6.54 Å². The summed E-state index contributed by atoms with van der Waals surface area (Å²) in [5.41, 5.74) is 1.80. The maximum Gasteiger partial charge on any atom is 0.159 e. The third kappa shape index (κ3) is 1.44. The summed E-state index contributed by atoms with van der Waals surface area (Å²) in [7, 11) is 0. The van der Waals surface area contributed by atoms with Gasteiger partial charge in [0, 0.05) is 6.04 Å². The highest BCUT2D eigenvalue weighted by Gasteiger charge is 2.18. The molecule has 3 heteroatoms. The molecule has 1 unspecified atom stereocenters. The molecule has 1 heterocycles. The smallest absolute Gasteiger partial charge is 0.159 e. The van der Waals surface area contributed by atoms with Gasteiger partial charge in [0.05, 0.1) is 0 Å². The van der Waals surface area contributed by atoms with Crippen molar-refractivity contribution in [1.82, 2.24) is 5.32 Å². The SMILES string of the molecule is CC1NCCc2cc(F)c(F)cc21. The van der Waals surface area contributed by atoms with Gasteiger partial charge in [-0.25, -0.2) is 8.78 Å². The number of halogens is 2. The van der Waals surface area contributed by atoms with E-state index in [9.17, 15) is 8.78 Å². The first kappa shape index (κ1) is 8.63. The number of fused-ring (bicyclic) bond motifs is 1. The van der Waals surface area contributed by atoms with Gasteiger partial charge in [-0.15, -0.1) is 0 Å². The van der Waals surface area contributed by atoms with E-state index in [-0.39, 0.29) is 6.04 Å². The van der Waals surface area contributed by atoms with Gasteiger partial charge in [0.15, 0.2) is 11.6 Å². The quantitative estimate of drug-likeness (QED) is 0.650. The first-order chi connectivity index (χ1) is 6.18. The molecule has 1 aliphatic rings. The fraction of sp³-hybridized carbons (Fsp3) is 0.400. The molecule has 0 aliphatic carbocycles. The largest absolute Gasteiger partial charge is 0.310 e. The molecule has 0 saturated heterocycles. The normalized spacial score (nSPS) is 21.3. The number of benzene rings is 1. The third-order valence-corrected chi connectivity index (χ3v) is 2.49. The van der Waals surface area contributed by atoms with E-state index in [2.05, 4.69) is 5.32 Å². The van der Waals surface area contributed by atoms with E-state index >= 15 is 0 Å². The maximum atomic E-state index is 12.9. The standard InChI is InChI=1S/C10H11F2N/c1-6-8-5-10(12)9(11)4-7(8)2-3-13-6/h4-6,13H,2-3H2,1H3. The van der Waals surface area contributed by atoms with E-state index in [0.717, 1.165) is 24.1 Å². The molecule has 0 fully saturated rings. The Kier molecular flexibility index (Phi) is 2.04. The van der Waals surface area contributed by atoms with E-state index in [1.165, 1.54) is 12.1 Å². The second-order valence-corrected chi connectivity index (χ2v) is 3.39.